The lowest BCUT2D eigenvalue weighted by Crippen LogP contribution is -2.52. The van der Waals surface area contributed by atoms with Gasteiger partial charge in [-0.15, -0.1) is 0 Å². The molecular weight excluding hydrogens is 386 g/mol. The molecule has 168 valence electrons. The van der Waals surface area contributed by atoms with Crippen molar-refractivity contribution in [2.75, 3.05) is 6.54 Å². The predicted molar refractivity (Wildman–Crippen MR) is 137 cm³/mol. The lowest BCUT2D eigenvalue weighted by molar-refractivity contribution is 0.0257. The zero-order valence-corrected chi connectivity index (χ0v) is 20.4. The molecule has 3 unspecified atom stereocenters. The fourth-order valence-corrected chi connectivity index (χ4v) is 7.14. The van der Waals surface area contributed by atoms with Crippen LogP contribution in [0.15, 0.2) is 60.7 Å². The molecule has 3 aromatic carbocycles. The van der Waals surface area contributed by atoms with E-state index in [1.54, 1.807) is 11.1 Å². The summed E-state index contributed by atoms with van der Waals surface area (Å²) in [6.45, 7) is 11.8. The van der Waals surface area contributed by atoms with Gasteiger partial charge in [-0.05, 0) is 81.4 Å². The number of hydrogen-bond acceptors (Lipinski definition) is 1. The molecule has 1 fully saturated rings. The van der Waals surface area contributed by atoms with Crippen LogP contribution >= 0.6 is 0 Å². The topological polar surface area (TPSA) is 12.0 Å². The van der Waals surface area contributed by atoms with Crippen molar-refractivity contribution in [3.63, 3.8) is 0 Å². The minimum atomic E-state index is 0.317. The Bertz CT molecular complexity index is 1110. The van der Waals surface area contributed by atoms with E-state index < -0.39 is 0 Å². The van der Waals surface area contributed by atoms with Crippen molar-refractivity contribution in [2.45, 2.75) is 77.7 Å². The maximum absolute atomic E-state index is 3.90. The second-order valence-electron chi connectivity index (χ2n) is 11.3. The van der Waals surface area contributed by atoms with Crippen molar-refractivity contribution in [1.82, 2.24) is 5.32 Å². The molecule has 5 rings (SSSR count). The van der Waals surface area contributed by atoms with Gasteiger partial charge in [0.2, 0.25) is 0 Å². The molecule has 1 heteroatoms. The first-order valence-corrected chi connectivity index (χ1v) is 12.7. The van der Waals surface area contributed by atoms with Gasteiger partial charge >= 0.3 is 0 Å². The Kier molecular flexibility index (Phi) is 5.66. The molecule has 1 N–H and O–H groups in total. The van der Waals surface area contributed by atoms with E-state index in [1.165, 1.54) is 54.0 Å². The van der Waals surface area contributed by atoms with Gasteiger partial charge in [-0.2, -0.15) is 0 Å². The highest BCUT2D eigenvalue weighted by molar-refractivity contribution is 5.85. The molecule has 0 aliphatic heterocycles. The summed E-state index contributed by atoms with van der Waals surface area (Å²) in [7, 11) is 0. The molecule has 0 bridgehead atoms. The third kappa shape index (κ3) is 3.69. The summed E-state index contributed by atoms with van der Waals surface area (Å²) in [6, 6.07) is 22.9. The molecule has 2 aliphatic carbocycles. The number of fused-ring (bicyclic) bond motifs is 4. The summed E-state index contributed by atoms with van der Waals surface area (Å²) in [6.07, 6.45) is 6.59. The van der Waals surface area contributed by atoms with Crippen LogP contribution in [0.4, 0.5) is 0 Å². The highest BCUT2D eigenvalue weighted by Crippen LogP contribution is 2.57. The van der Waals surface area contributed by atoms with E-state index in [9.17, 15) is 0 Å². The van der Waals surface area contributed by atoms with E-state index in [1.807, 2.05) is 0 Å². The molecule has 2 aliphatic rings. The minimum absolute atomic E-state index is 0.317. The van der Waals surface area contributed by atoms with Crippen LogP contribution in [0.1, 0.15) is 81.5 Å². The zero-order chi connectivity index (χ0) is 22.3. The normalized spacial score (nSPS) is 27.3. The predicted octanol–water partition coefficient (Wildman–Crippen LogP) is 7.76. The van der Waals surface area contributed by atoms with Crippen LogP contribution in [0, 0.1) is 11.3 Å². The number of rotatable bonds is 5. The molecule has 3 atom stereocenters. The van der Waals surface area contributed by atoms with Gasteiger partial charge in [0.05, 0.1) is 0 Å². The summed E-state index contributed by atoms with van der Waals surface area (Å²) < 4.78 is 0. The molecular formula is C31H39N. The van der Waals surface area contributed by atoms with Gasteiger partial charge in [0, 0.05) is 13.1 Å². The summed E-state index contributed by atoms with van der Waals surface area (Å²) >= 11 is 0. The van der Waals surface area contributed by atoms with Crippen LogP contribution in [0.3, 0.4) is 0 Å². The quantitative estimate of drug-likeness (QED) is 0.440. The van der Waals surface area contributed by atoms with Gasteiger partial charge in [0.1, 0.15) is 0 Å². The van der Waals surface area contributed by atoms with Gasteiger partial charge in [0.15, 0.2) is 0 Å². The number of hydrogen-bond donors (Lipinski definition) is 1. The highest BCUT2D eigenvalue weighted by atomic mass is 14.9. The molecule has 0 amide bonds. The van der Waals surface area contributed by atoms with Gasteiger partial charge in [-0.25, -0.2) is 0 Å². The fourth-order valence-electron chi connectivity index (χ4n) is 7.14. The molecule has 3 aromatic rings. The third-order valence-electron chi connectivity index (χ3n) is 8.89. The molecule has 32 heavy (non-hydrogen) atoms. The van der Waals surface area contributed by atoms with Crippen molar-refractivity contribution in [1.29, 1.82) is 0 Å². The summed E-state index contributed by atoms with van der Waals surface area (Å²) in [5.74, 6) is 1.36. The van der Waals surface area contributed by atoms with Crippen molar-refractivity contribution >= 4 is 10.8 Å². The molecule has 0 aromatic heterocycles. The number of benzene rings is 3. The van der Waals surface area contributed by atoms with Crippen molar-refractivity contribution in [2.24, 2.45) is 11.3 Å². The molecule has 0 radical (unpaired) electrons. The van der Waals surface area contributed by atoms with Crippen molar-refractivity contribution < 1.29 is 0 Å². The maximum Gasteiger partial charge on any atom is 0.0211 e. The van der Waals surface area contributed by atoms with E-state index in [0.717, 1.165) is 19.0 Å². The first-order chi connectivity index (χ1) is 15.4. The van der Waals surface area contributed by atoms with E-state index in [2.05, 4.69) is 93.7 Å². The SMILES string of the molecule is CC(C)c1ccc2c(c1)CCC1C(C)(CNCc3cccc4ccccc34)CCCC21C. The monoisotopic (exact) mass is 425 g/mol. The Morgan fingerprint density at radius 2 is 1.78 bits per heavy atom. The summed E-state index contributed by atoms with van der Waals surface area (Å²) in [5.41, 5.74) is 6.87. The Labute approximate surface area is 194 Å². The van der Waals surface area contributed by atoms with E-state index >= 15 is 0 Å². The summed E-state index contributed by atoms with van der Waals surface area (Å²) in [5, 5.41) is 6.63. The first-order valence-electron chi connectivity index (χ1n) is 12.7. The van der Waals surface area contributed by atoms with E-state index in [-0.39, 0.29) is 0 Å². The second kappa shape index (κ2) is 8.34. The van der Waals surface area contributed by atoms with Crippen LogP contribution < -0.4 is 5.32 Å². The highest BCUT2D eigenvalue weighted by Gasteiger charge is 2.51. The second-order valence-corrected chi connectivity index (χ2v) is 11.3. The van der Waals surface area contributed by atoms with E-state index in [4.69, 9.17) is 0 Å². The van der Waals surface area contributed by atoms with Gasteiger partial charge in [-0.3, -0.25) is 0 Å². The molecule has 0 heterocycles. The Balaban J connectivity index is 1.36. The molecule has 0 saturated heterocycles. The fraction of sp³-hybridized carbons (Fsp3) is 0.484. The third-order valence-corrected chi connectivity index (χ3v) is 8.89. The van der Waals surface area contributed by atoms with Gasteiger partial charge in [0.25, 0.3) is 0 Å². The standard InChI is InChI=1S/C31H39N/c1-22(2)24-13-15-28-25(19-24)14-16-29-30(3,17-8-18-31(28,29)4)21-32-20-26-11-7-10-23-9-5-6-12-27(23)26/h5-7,9-13,15,19,22,29,32H,8,14,16-18,20-21H2,1-4H3. The average molecular weight is 426 g/mol. The van der Waals surface area contributed by atoms with Crippen molar-refractivity contribution in [3.05, 3.63) is 82.9 Å². The van der Waals surface area contributed by atoms with Crippen LogP contribution in [0.25, 0.3) is 10.8 Å². The number of aryl methyl sites for hydroxylation is 1. The smallest absolute Gasteiger partial charge is 0.0211 e. The van der Waals surface area contributed by atoms with Crippen LogP contribution in [-0.4, -0.2) is 6.54 Å². The Hall–Kier alpha value is -2.12. The minimum Gasteiger partial charge on any atom is -0.312 e. The van der Waals surface area contributed by atoms with E-state index in [0.29, 0.717) is 16.7 Å². The summed E-state index contributed by atoms with van der Waals surface area (Å²) in [4.78, 5) is 0. The molecule has 0 spiro atoms. The Morgan fingerprint density at radius 1 is 0.969 bits per heavy atom. The zero-order valence-electron chi connectivity index (χ0n) is 20.4. The lowest BCUT2D eigenvalue weighted by atomic mass is 9.49. The number of nitrogens with one attached hydrogen (secondary N) is 1. The molecule has 1 saturated carbocycles. The van der Waals surface area contributed by atoms with Crippen molar-refractivity contribution in [3.8, 4) is 0 Å². The van der Waals surface area contributed by atoms with Gasteiger partial charge < -0.3 is 5.32 Å². The van der Waals surface area contributed by atoms with Gasteiger partial charge in [-0.1, -0.05) is 94.8 Å². The lowest BCUT2D eigenvalue weighted by Gasteiger charge is -2.55. The van der Waals surface area contributed by atoms with Crippen LogP contribution in [-0.2, 0) is 18.4 Å². The Morgan fingerprint density at radius 3 is 2.62 bits per heavy atom. The average Bonchev–Trinajstić information content (AvgIpc) is 2.79. The first kappa shape index (κ1) is 21.7. The van der Waals surface area contributed by atoms with Crippen LogP contribution in [0.2, 0.25) is 0 Å². The van der Waals surface area contributed by atoms with Crippen LogP contribution in [0.5, 0.6) is 0 Å². The maximum atomic E-state index is 3.90. The largest absolute Gasteiger partial charge is 0.312 e. The molecule has 1 nitrogen and oxygen atoms in total.